The van der Waals surface area contributed by atoms with Crippen LogP contribution in [0.5, 0.6) is 11.5 Å². The van der Waals surface area contributed by atoms with Crippen molar-refractivity contribution in [1.29, 1.82) is 0 Å². The molecule has 0 fully saturated rings. The van der Waals surface area contributed by atoms with Gasteiger partial charge in [-0.2, -0.15) is 0 Å². The molecule has 1 aliphatic heterocycles. The molecule has 0 saturated heterocycles. The molecule has 3 aromatic rings. The topological polar surface area (TPSA) is 89.8 Å². The molecule has 0 aromatic heterocycles. The zero-order valence-corrected chi connectivity index (χ0v) is 15.7. The number of rotatable bonds is 3. The van der Waals surface area contributed by atoms with Gasteiger partial charge >= 0.3 is 0 Å². The first-order valence-corrected chi connectivity index (χ1v) is 9.94. The summed E-state index contributed by atoms with van der Waals surface area (Å²) in [5.41, 5.74) is 1.61. The molecule has 8 heteroatoms. The van der Waals surface area contributed by atoms with Crippen molar-refractivity contribution >= 4 is 21.4 Å². The largest absolute Gasteiger partial charge is 0.455 e. The Balaban J connectivity index is 1.89. The van der Waals surface area contributed by atoms with Crippen LogP contribution < -0.4 is 9.04 Å². The van der Waals surface area contributed by atoms with Crippen molar-refractivity contribution in [1.82, 2.24) is 0 Å². The second-order valence-electron chi connectivity index (χ2n) is 6.44. The highest BCUT2D eigenvalue weighted by Gasteiger charge is 2.31. The minimum Gasteiger partial charge on any atom is -0.455 e. The van der Waals surface area contributed by atoms with Crippen molar-refractivity contribution < 1.29 is 18.1 Å². The molecule has 7 nitrogen and oxygen atoms in total. The van der Waals surface area contributed by atoms with Gasteiger partial charge in [0.1, 0.15) is 5.75 Å². The maximum Gasteiger partial charge on any atom is 0.270 e. The Morgan fingerprint density at radius 1 is 1.00 bits per heavy atom. The van der Waals surface area contributed by atoms with Crippen LogP contribution >= 0.6 is 0 Å². The van der Waals surface area contributed by atoms with Crippen LogP contribution in [-0.4, -0.2) is 13.3 Å². The van der Waals surface area contributed by atoms with Gasteiger partial charge in [-0.1, -0.05) is 29.8 Å². The van der Waals surface area contributed by atoms with E-state index in [1.807, 2.05) is 6.92 Å². The van der Waals surface area contributed by atoms with E-state index < -0.39 is 14.9 Å². The lowest BCUT2D eigenvalue weighted by atomic mass is 10.2. The molecule has 0 aliphatic carbocycles. The summed E-state index contributed by atoms with van der Waals surface area (Å²) in [6, 6.07) is 17.5. The Labute approximate surface area is 162 Å². The lowest BCUT2D eigenvalue weighted by molar-refractivity contribution is -0.384. The molecule has 4 rings (SSSR count). The van der Waals surface area contributed by atoms with Crippen molar-refractivity contribution in [3.63, 3.8) is 0 Å². The number of non-ortho nitro benzene ring substituents is 1. The zero-order valence-electron chi connectivity index (χ0n) is 14.9. The number of anilines is 1. The monoisotopic (exact) mass is 396 g/mol. The van der Waals surface area contributed by atoms with Crippen molar-refractivity contribution in [2.45, 2.75) is 18.4 Å². The number of nitro groups is 1. The molecule has 0 amide bonds. The number of hydrogen-bond acceptors (Lipinski definition) is 5. The molecule has 0 atom stereocenters. The highest BCUT2D eigenvalue weighted by molar-refractivity contribution is 7.92. The molecule has 142 valence electrons. The van der Waals surface area contributed by atoms with Crippen LogP contribution in [0.3, 0.4) is 0 Å². The Morgan fingerprint density at radius 3 is 2.43 bits per heavy atom. The number of fused-ring (bicyclic) bond motifs is 2. The minimum atomic E-state index is -3.91. The van der Waals surface area contributed by atoms with E-state index >= 15 is 0 Å². The third-order valence-electron chi connectivity index (χ3n) is 4.53. The third-order valence-corrected chi connectivity index (χ3v) is 6.31. The van der Waals surface area contributed by atoms with Gasteiger partial charge in [-0.3, -0.25) is 14.4 Å². The number of nitrogens with zero attached hydrogens (tertiary/aromatic N) is 2. The zero-order chi connectivity index (χ0) is 19.9. The van der Waals surface area contributed by atoms with E-state index in [9.17, 15) is 18.5 Å². The molecule has 0 saturated carbocycles. The summed E-state index contributed by atoms with van der Waals surface area (Å²) < 4.78 is 33.9. The van der Waals surface area contributed by atoms with E-state index in [1.54, 1.807) is 48.5 Å². The highest BCUT2D eigenvalue weighted by atomic mass is 32.2. The smallest absolute Gasteiger partial charge is 0.270 e. The fourth-order valence-electron chi connectivity index (χ4n) is 3.06. The first-order valence-electron chi connectivity index (χ1n) is 8.50. The van der Waals surface area contributed by atoms with Crippen LogP contribution in [0, 0.1) is 17.0 Å². The predicted octanol–water partition coefficient (Wildman–Crippen LogP) is 4.40. The summed E-state index contributed by atoms with van der Waals surface area (Å²) in [6.45, 7) is 1.80. The average Bonchev–Trinajstić information content (AvgIpc) is 2.84. The summed E-state index contributed by atoms with van der Waals surface area (Å²) in [4.78, 5) is 10.8. The molecule has 0 bridgehead atoms. The molecule has 0 radical (unpaired) electrons. The molecule has 1 heterocycles. The second-order valence-corrected chi connectivity index (χ2v) is 8.31. The van der Waals surface area contributed by atoms with Gasteiger partial charge in [-0.05, 0) is 37.3 Å². The quantitative estimate of drug-likeness (QED) is 0.483. The van der Waals surface area contributed by atoms with Crippen LogP contribution in [0.4, 0.5) is 11.4 Å². The summed E-state index contributed by atoms with van der Waals surface area (Å²) in [7, 11) is -3.91. The molecule has 0 unspecified atom stereocenters. The fraction of sp³-hybridized carbons (Fsp3) is 0.100. The molecular formula is C20H16N2O5S. The Hall–Kier alpha value is -3.39. The number of sulfonamides is 1. The van der Waals surface area contributed by atoms with Crippen LogP contribution in [-0.2, 0) is 16.6 Å². The number of ether oxygens (including phenoxy) is 1. The highest BCUT2D eigenvalue weighted by Crippen LogP contribution is 2.42. The summed E-state index contributed by atoms with van der Waals surface area (Å²) in [5.74, 6) is 0.755. The first-order chi connectivity index (χ1) is 13.4. The van der Waals surface area contributed by atoms with Crippen molar-refractivity contribution in [3.8, 4) is 11.5 Å². The summed E-state index contributed by atoms with van der Waals surface area (Å²) >= 11 is 0. The summed E-state index contributed by atoms with van der Waals surface area (Å²) in [5, 5.41) is 11.2. The van der Waals surface area contributed by atoms with E-state index in [-0.39, 0.29) is 17.1 Å². The second kappa shape index (κ2) is 6.65. The lowest BCUT2D eigenvalue weighted by Crippen LogP contribution is -2.30. The van der Waals surface area contributed by atoms with E-state index in [0.717, 1.165) is 5.56 Å². The Bertz CT molecular complexity index is 1170. The van der Waals surface area contributed by atoms with Crippen LogP contribution in [0.15, 0.2) is 71.6 Å². The van der Waals surface area contributed by atoms with E-state index in [2.05, 4.69) is 0 Å². The molecular weight excluding hydrogens is 380 g/mol. The van der Waals surface area contributed by atoms with Gasteiger partial charge in [0.05, 0.1) is 22.1 Å². The number of nitro benzene ring substituents is 1. The van der Waals surface area contributed by atoms with Crippen LogP contribution in [0.25, 0.3) is 0 Å². The number of benzene rings is 3. The SMILES string of the molecule is Cc1ccc(S(=O)(=O)N2Cc3cc([N+](=O)[O-])ccc3Oc3ccccc32)cc1. The normalized spacial score (nSPS) is 13.1. The maximum atomic E-state index is 13.4. The average molecular weight is 396 g/mol. The molecule has 28 heavy (non-hydrogen) atoms. The van der Waals surface area contributed by atoms with Crippen molar-refractivity contribution in [2.75, 3.05) is 4.31 Å². The van der Waals surface area contributed by atoms with Gasteiger partial charge in [-0.15, -0.1) is 0 Å². The Morgan fingerprint density at radius 2 is 1.71 bits per heavy atom. The number of hydrogen-bond donors (Lipinski definition) is 0. The fourth-order valence-corrected chi connectivity index (χ4v) is 4.52. The first kappa shape index (κ1) is 18.0. The van der Waals surface area contributed by atoms with Gasteiger partial charge in [0, 0.05) is 17.7 Å². The lowest BCUT2D eigenvalue weighted by Gasteiger charge is -2.23. The molecule has 1 aliphatic rings. The van der Waals surface area contributed by atoms with Gasteiger partial charge in [0.15, 0.2) is 5.75 Å². The van der Waals surface area contributed by atoms with Gasteiger partial charge in [-0.25, -0.2) is 8.42 Å². The maximum absolute atomic E-state index is 13.4. The molecule has 3 aromatic carbocycles. The van der Waals surface area contributed by atoms with E-state index in [1.165, 1.54) is 22.5 Å². The van der Waals surface area contributed by atoms with Crippen molar-refractivity contribution in [2.24, 2.45) is 0 Å². The number of para-hydroxylation sites is 2. The van der Waals surface area contributed by atoms with Gasteiger partial charge in [0.2, 0.25) is 0 Å². The minimum absolute atomic E-state index is 0.0791. The van der Waals surface area contributed by atoms with Gasteiger partial charge in [0.25, 0.3) is 15.7 Å². The number of aryl methyl sites for hydroxylation is 1. The molecule has 0 N–H and O–H groups in total. The van der Waals surface area contributed by atoms with E-state index in [0.29, 0.717) is 22.7 Å². The van der Waals surface area contributed by atoms with Crippen molar-refractivity contribution in [3.05, 3.63) is 88.0 Å². The van der Waals surface area contributed by atoms with Gasteiger partial charge < -0.3 is 4.74 Å². The standard InChI is InChI=1S/C20H16N2O5S/c1-14-6-9-17(10-7-14)28(25,26)21-13-15-12-16(22(23)24)8-11-19(15)27-20-5-3-2-4-18(20)21/h2-12H,13H2,1H3. The van der Waals surface area contributed by atoms with Crippen LogP contribution in [0.2, 0.25) is 0 Å². The summed E-state index contributed by atoms with van der Waals surface area (Å²) in [6.07, 6.45) is 0. The predicted molar refractivity (Wildman–Crippen MR) is 104 cm³/mol. The van der Waals surface area contributed by atoms with E-state index in [4.69, 9.17) is 4.74 Å². The molecule has 0 spiro atoms. The third kappa shape index (κ3) is 3.07. The Kier molecular flexibility index (Phi) is 4.27. The van der Waals surface area contributed by atoms with Crippen LogP contribution in [0.1, 0.15) is 11.1 Å².